The molecule has 7 heteroatoms. The Labute approximate surface area is 219 Å². The molecule has 5 rings (SSSR count). The highest BCUT2D eigenvalue weighted by atomic mass is 16.5. The van der Waals surface area contributed by atoms with Gasteiger partial charge in [0.1, 0.15) is 12.2 Å². The van der Waals surface area contributed by atoms with Crippen LogP contribution in [0.3, 0.4) is 0 Å². The van der Waals surface area contributed by atoms with Gasteiger partial charge in [-0.1, -0.05) is 42.5 Å². The number of hydrogen-bond donors (Lipinski definition) is 1. The van der Waals surface area contributed by atoms with Gasteiger partial charge >= 0.3 is 0 Å². The van der Waals surface area contributed by atoms with E-state index in [-0.39, 0.29) is 36.3 Å². The lowest BCUT2D eigenvalue weighted by atomic mass is 9.86. The Balaban J connectivity index is 1.20. The standard InChI is InChI=1S/C30H38N4O3/c1-20-18-34(19-21(2)37-20)30(36)29(31)26-11-6-12-27(26)32-17-28(35)33-15-13-23(14-16-33)25-10-5-8-22-7-3-4-9-24(22)25/h3-5,7-10,20-21,23H,6,11-19,31H2,1-2H3/b29-26-,32-27?/t20-,21+. The summed E-state index contributed by atoms with van der Waals surface area (Å²) in [5.74, 6) is 0.367. The predicted octanol–water partition coefficient (Wildman–Crippen LogP) is 4.02. The molecule has 2 saturated heterocycles. The topological polar surface area (TPSA) is 88.2 Å². The van der Waals surface area contributed by atoms with Crippen molar-refractivity contribution in [2.24, 2.45) is 10.7 Å². The minimum absolute atomic E-state index is 0.00964. The zero-order valence-corrected chi connectivity index (χ0v) is 22.0. The van der Waals surface area contributed by atoms with Crippen LogP contribution >= 0.6 is 0 Å². The fourth-order valence-corrected chi connectivity index (χ4v) is 6.14. The first kappa shape index (κ1) is 25.5. The zero-order chi connectivity index (χ0) is 25.9. The first-order valence-corrected chi connectivity index (χ1v) is 13.6. The van der Waals surface area contributed by atoms with Crippen molar-refractivity contribution in [1.29, 1.82) is 0 Å². The molecule has 2 heterocycles. The number of carbonyl (C=O) groups is 2. The van der Waals surface area contributed by atoms with Crippen LogP contribution in [0.25, 0.3) is 10.8 Å². The van der Waals surface area contributed by atoms with Crippen molar-refractivity contribution in [3.63, 3.8) is 0 Å². The van der Waals surface area contributed by atoms with Gasteiger partial charge in [0.2, 0.25) is 5.91 Å². The molecule has 1 aliphatic carbocycles. The van der Waals surface area contributed by atoms with Gasteiger partial charge in [-0.2, -0.15) is 0 Å². The Morgan fingerprint density at radius 3 is 2.43 bits per heavy atom. The van der Waals surface area contributed by atoms with Crippen molar-refractivity contribution in [1.82, 2.24) is 9.80 Å². The van der Waals surface area contributed by atoms with E-state index in [9.17, 15) is 9.59 Å². The number of carbonyl (C=O) groups excluding carboxylic acids is 2. The van der Waals surface area contributed by atoms with E-state index in [4.69, 9.17) is 10.5 Å². The Kier molecular flexibility index (Phi) is 7.60. The molecule has 1 saturated carbocycles. The number of allylic oxidation sites excluding steroid dienone is 1. The van der Waals surface area contributed by atoms with Crippen LogP contribution in [0, 0.1) is 0 Å². The third-order valence-corrected chi connectivity index (χ3v) is 7.97. The number of ether oxygens (including phenoxy) is 1. The smallest absolute Gasteiger partial charge is 0.270 e. The molecule has 0 radical (unpaired) electrons. The Bertz CT molecular complexity index is 1210. The van der Waals surface area contributed by atoms with Crippen molar-refractivity contribution in [2.45, 2.75) is 64.1 Å². The van der Waals surface area contributed by atoms with Gasteiger partial charge < -0.3 is 20.3 Å². The second kappa shape index (κ2) is 11.1. The predicted molar refractivity (Wildman–Crippen MR) is 146 cm³/mol. The van der Waals surface area contributed by atoms with E-state index in [2.05, 4.69) is 47.5 Å². The molecule has 2 aromatic carbocycles. The largest absolute Gasteiger partial charge is 0.394 e. The minimum atomic E-state index is -0.145. The van der Waals surface area contributed by atoms with Crippen molar-refractivity contribution >= 4 is 28.3 Å². The quantitative estimate of drug-likeness (QED) is 0.640. The normalized spacial score (nSPS) is 25.6. The van der Waals surface area contributed by atoms with E-state index in [0.717, 1.165) is 56.5 Å². The first-order valence-electron chi connectivity index (χ1n) is 13.6. The first-order chi connectivity index (χ1) is 17.9. The molecule has 3 fully saturated rings. The number of hydrogen-bond acceptors (Lipinski definition) is 5. The molecule has 0 aromatic heterocycles. The molecule has 196 valence electrons. The van der Waals surface area contributed by atoms with Crippen LogP contribution in [0.2, 0.25) is 0 Å². The van der Waals surface area contributed by atoms with Crippen LogP contribution in [0.4, 0.5) is 0 Å². The van der Waals surface area contributed by atoms with Crippen molar-refractivity contribution in [3.8, 4) is 0 Å². The van der Waals surface area contributed by atoms with E-state index in [0.29, 0.717) is 19.0 Å². The maximum atomic E-state index is 13.1. The number of rotatable bonds is 4. The maximum absolute atomic E-state index is 13.1. The van der Waals surface area contributed by atoms with E-state index in [1.54, 1.807) is 4.90 Å². The number of benzene rings is 2. The van der Waals surface area contributed by atoms with Crippen LogP contribution in [-0.2, 0) is 14.3 Å². The molecule has 2 amide bonds. The number of piperidine rings is 1. The Morgan fingerprint density at radius 2 is 1.68 bits per heavy atom. The SMILES string of the molecule is C[C@@H]1CN(C(=O)/C(N)=C2\CCCC2=NCC(=O)N2CCC(c3cccc4ccccc34)CC2)C[C@H](C)O1. The maximum Gasteiger partial charge on any atom is 0.270 e. The fourth-order valence-electron chi connectivity index (χ4n) is 6.14. The number of nitrogens with zero attached hydrogens (tertiary/aromatic N) is 3. The molecule has 0 bridgehead atoms. The van der Waals surface area contributed by atoms with Gasteiger partial charge in [-0.05, 0) is 68.2 Å². The average molecular weight is 503 g/mol. The summed E-state index contributed by atoms with van der Waals surface area (Å²) in [4.78, 5) is 34.5. The van der Waals surface area contributed by atoms with Gasteiger partial charge in [0.15, 0.2) is 0 Å². The second-order valence-corrected chi connectivity index (χ2v) is 10.7. The molecule has 2 aromatic rings. The van der Waals surface area contributed by atoms with Gasteiger partial charge in [0.05, 0.1) is 12.2 Å². The lowest BCUT2D eigenvalue weighted by Crippen LogP contribution is -2.49. The molecule has 0 unspecified atom stereocenters. The van der Waals surface area contributed by atoms with Gasteiger partial charge in [-0.15, -0.1) is 0 Å². The second-order valence-electron chi connectivity index (χ2n) is 10.7. The summed E-state index contributed by atoms with van der Waals surface area (Å²) in [5.41, 5.74) is 9.67. The summed E-state index contributed by atoms with van der Waals surface area (Å²) in [6, 6.07) is 15.0. The Morgan fingerprint density at radius 1 is 0.973 bits per heavy atom. The summed E-state index contributed by atoms with van der Waals surface area (Å²) in [6.07, 6.45) is 4.29. The third-order valence-electron chi connectivity index (χ3n) is 7.97. The molecule has 3 aliphatic rings. The number of nitrogens with two attached hydrogens (primary N) is 1. The number of fused-ring (bicyclic) bond motifs is 1. The number of likely N-dealkylation sites (tertiary alicyclic amines) is 1. The van der Waals surface area contributed by atoms with Crippen LogP contribution in [0.15, 0.2) is 58.7 Å². The minimum Gasteiger partial charge on any atom is -0.394 e. The van der Waals surface area contributed by atoms with E-state index in [1.807, 2.05) is 18.7 Å². The lowest BCUT2D eigenvalue weighted by molar-refractivity contribution is -0.139. The highest BCUT2D eigenvalue weighted by molar-refractivity contribution is 6.09. The molecular formula is C30H38N4O3. The van der Waals surface area contributed by atoms with Gasteiger partial charge in [0.25, 0.3) is 5.91 Å². The third kappa shape index (κ3) is 5.57. The Hall–Kier alpha value is -3.19. The summed E-state index contributed by atoms with van der Waals surface area (Å²) in [5, 5.41) is 2.58. The molecule has 0 spiro atoms. The molecule has 2 atom stereocenters. The monoisotopic (exact) mass is 502 g/mol. The van der Waals surface area contributed by atoms with Crippen LogP contribution in [-0.4, -0.2) is 72.3 Å². The van der Waals surface area contributed by atoms with Gasteiger partial charge in [-0.25, -0.2) is 0 Å². The highest BCUT2D eigenvalue weighted by Gasteiger charge is 2.30. The zero-order valence-electron chi connectivity index (χ0n) is 22.0. The van der Waals surface area contributed by atoms with Crippen molar-refractivity contribution < 1.29 is 14.3 Å². The number of aliphatic imine (C=N–C) groups is 1. The van der Waals surface area contributed by atoms with E-state index in [1.165, 1.54) is 16.3 Å². The molecule has 7 nitrogen and oxygen atoms in total. The number of morpholine rings is 1. The molecule has 37 heavy (non-hydrogen) atoms. The summed E-state index contributed by atoms with van der Waals surface area (Å²) in [6.45, 7) is 6.62. The van der Waals surface area contributed by atoms with Crippen LogP contribution in [0.1, 0.15) is 57.4 Å². The fraction of sp³-hybridized carbons (Fsp3) is 0.500. The molecule has 2 N–H and O–H groups in total. The van der Waals surface area contributed by atoms with Gasteiger partial charge in [-0.3, -0.25) is 14.6 Å². The van der Waals surface area contributed by atoms with E-state index >= 15 is 0 Å². The highest BCUT2D eigenvalue weighted by Crippen LogP contribution is 2.33. The number of amides is 2. The molecular weight excluding hydrogens is 464 g/mol. The van der Waals surface area contributed by atoms with Crippen molar-refractivity contribution in [3.05, 3.63) is 59.3 Å². The van der Waals surface area contributed by atoms with Crippen LogP contribution < -0.4 is 5.73 Å². The lowest BCUT2D eigenvalue weighted by Gasteiger charge is -2.35. The summed E-state index contributed by atoms with van der Waals surface area (Å²) < 4.78 is 5.75. The van der Waals surface area contributed by atoms with E-state index < -0.39 is 0 Å². The summed E-state index contributed by atoms with van der Waals surface area (Å²) in [7, 11) is 0. The molecule has 2 aliphatic heterocycles. The average Bonchev–Trinajstić information content (AvgIpc) is 3.39. The van der Waals surface area contributed by atoms with Gasteiger partial charge in [0, 0.05) is 37.5 Å². The van der Waals surface area contributed by atoms with Crippen LogP contribution in [0.5, 0.6) is 0 Å². The summed E-state index contributed by atoms with van der Waals surface area (Å²) >= 11 is 0. The van der Waals surface area contributed by atoms with Crippen molar-refractivity contribution in [2.75, 3.05) is 32.7 Å².